The molecule has 1 aromatic carbocycles. The molecule has 0 spiro atoms. The first-order valence-electron chi connectivity index (χ1n) is 7.82. The number of hydrogen-bond acceptors (Lipinski definition) is 4. The number of hydrogen-bond donors (Lipinski definition) is 1. The predicted octanol–water partition coefficient (Wildman–Crippen LogP) is 3.11. The highest BCUT2D eigenvalue weighted by atomic mass is 16.5. The molecule has 0 aliphatic heterocycles. The molecule has 2 aromatic rings. The second-order valence-corrected chi connectivity index (χ2v) is 5.30. The maximum atomic E-state index is 11.8. The third-order valence-corrected chi connectivity index (χ3v) is 3.39. The molecule has 0 saturated carbocycles. The average molecular weight is 327 g/mol. The fourth-order valence-corrected chi connectivity index (χ4v) is 2.12. The molecule has 1 N–H and O–H groups in total. The second-order valence-electron chi connectivity index (χ2n) is 5.30. The number of aryl methyl sites for hydroxylation is 1. The number of furan rings is 1. The smallest absolute Gasteiger partial charge is 0.307 e. The summed E-state index contributed by atoms with van der Waals surface area (Å²) >= 11 is 0. The zero-order valence-electron chi connectivity index (χ0n) is 13.7. The lowest BCUT2D eigenvalue weighted by Gasteiger charge is -2.12. The summed E-state index contributed by atoms with van der Waals surface area (Å²) in [5.41, 5.74) is 0.985. The number of carbonyl (C=O) groups excluding carboxylic acids is 2. The van der Waals surface area contributed by atoms with Gasteiger partial charge in [0, 0.05) is 18.5 Å². The molecule has 0 aliphatic carbocycles. The Morgan fingerprint density at radius 3 is 2.71 bits per heavy atom. The van der Waals surface area contributed by atoms with Gasteiger partial charge in [-0.05, 0) is 19.1 Å². The lowest BCUT2D eigenvalue weighted by atomic mass is 10.2. The molecule has 5 heteroatoms. The fraction of sp³-hybridized carbons (Fsp3) is 0.263. The molecule has 0 saturated heterocycles. The minimum atomic E-state index is -0.825. The van der Waals surface area contributed by atoms with Crippen molar-refractivity contribution in [3.05, 3.63) is 60.9 Å². The van der Waals surface area contributed by atoms with Crippen LogP contribution in [0.5, 0.6) is 0 Å². The van der Waals surface area contributed by atoms with E-state index in [4.69, 9.17) is 9.15 Å². The van der Waals surface area contributed by atoms with E-state index in [1.807, 2.05) is 42.5 Å². The van der Waals surface area contributed by atoms with Crippen LogP contribution < -0.4 is 5.32 Å². The summed E-state index contributed by atoms with van der Waals surface area (Å²) in [6, 6.07) is 13.5. The van der Waals surface area contributed by atoms with E-state index < -0.39 is 12.1 Å². The molecule has 2 rings (SSSR count). The zero-order chi connectivity index (χ0) is 17.4. The van der Waals surface area contributed by atoms with Crippen LogP contribution in [0.2, 0.25) is 0 Å². The summed E-state index contributed by atoms with van der Waals surface area (Å²) in [6.45, 7) is 5.39. The highest BCUT2D eigenvalue weighted by Crippen LogP contribution is 2.22. The molecule has 1 atom stereocenters. The van der Waals surface area contributed by atoms with Crippen molar-refractivity contribution in [2.45, 2.75) is 25.9 Å². The third-order valence-electron chi connectivity index (χ3n) is 3.39. The summed E-state index contributed by atoms with van der Waals surface area (Å²) in [5.74, 6) is 0.687. The number of carbonyl (C=O) groups is 2. The van der Waals surface area contributed by atoms with Gasteiger partial charge in [-0.15, -0.1) is 6.58 Å². The molecule has 1 heterocycles. The quantitative estimate of drug-likeness (QED) is 0.597. The SMILES string of the molecule is C=CCNC(=O)[C@@H](C)OC(=O)CCc1ccc(-c2ccccc2)o1. The van der Waals surface area contributed by atoms with Crippen molar-refractivity contribution in [3.8, 4) is 11.3 Å². The molecule has 0 fully saturated rings. The number of rotatable bonds is 8. The Balaban J connectivity index is 1.81. The molecule has 0 aliphatic rings. The van der Waals surface area contributed by atoms with Crippen molar-refractivity contribution >= 4 is 11.9 Å². The minimum Gasteiger partial charge on any atom is -0.461 e. The number of esters is 1. The summed E-state index contributed by atoms with van der Waals surface area (Å²) in [5, 5.41) is 2.58. The Kier molecular flexibility index (Phi) is 6.37. The topological polar surface area (TPSA) is 68.5 Å². The summed E-state index contributed by atoms with van der Waals surface area (Å²) in [6.07, 6.45) is 1.31. The Morgan fingerprint density at radius 1 is 1.25 bits per heavy atom. The maximum absolute atomic E-state index is 11.8. The third kappa shape index (κ3) is 5.12. The van der Waals surface area contributed by atoms with Gasteiger partial charge in [-0.25, -0.2) is 0 Å². The Morgan fingerprint density at radius 2 is 2.00 bits per heavy atom. The van der Waals surface area contributed by atoms with Gasteiger partial charge in [-0.3, -0.25) is 9.59 Å². The van der Waals surface area contributed by atoms with Crippen molar-refractivity contribution in [1.82, 2.24) is 5.32 Å². The molecule has 24 heavy (non-hydrogen) atoms. The van der Waals surface area contributed by atoms with E-state index in [1.54, 1.807) is 6.08 Å². The van der Waals surface area contributed by atoms with Gasteiger partial charge in [0.25, 0.3) is 5.91 Å². The van der Waals surface area contributed by atoms with Crippen molar-refractivity contribution in [2.24, 2.45) is 0 Å². The lowest BCUT2D eigenvalue weighted by molar-refractivity contribution is -0.154. The molecule has 1 aromatic heterocycles. The molecule has 126 valence electrons. The lowest BCUT2D eigenvalue weighted by Crippen LogP contribution is -2.35. The number of ether oxygens (including phenoxy) is 1. The van der Waals surface area contributed by atoms with Gasteiger partial charge in [0.2, 0.25) is 0 Å². The van der Waals surface area contributed by atoms with Gasteiger partial charge >= 0.3 is 5.97 Å². The van der Waals surface area contributed by atoms with Crippen LogP contribution >= 0.6 is 0 Å². The average Bonchev–Trinajstić information content (AvgIpc) is 3.07. The van der Waals surface area contributed by atoms with Crippen molar-refractivity contribution in [2.75, 3.05) is 6.54 Å². The monoisotopic (exact) mass is 327 g/mol. The van der Waals surface area contributed by atoms with Crippen LogP contribution in [0.15, 0.2) is 59.5 Å². The Labute approximate surface area is 141 Å². The second kappa shape index (κ2) is 8.72. The van der Waals surface area contributed by atoms with Crippen molar-refractivity contribution in [1.29, 1.82) is 0 Å². The molecular formula is C19H21NO4. The minimum absolute atomic E-state index is 0.154. The highest BCUT2D eigenvalue weighted by Gasteiger charge is 2.17. The van der Waals surface area contributed by atoms with Gasteiger partial charge in [0.15, 0.2) is 6.10 Å². The van der Waals surface area contributed by atoms with Crippen molar-refractivity contribution in [3.63, 3.8) is 0 Å². The van der Waals surface area contributed by atoms with Crippen LogP contribution in [0.25, 0.3) is 11.3 Å². The van der Waals surface area contributed by atoms with Gasteiger partial charge in [0.05, 0.1) is 6.42 Å². The fourth-order valence-electron chi connectivity index (χ4n) is 2.12. The van der Waals surface area contributed by atoms with E-state index >= 15 is 0 Å². The Hall–Kier alpha value is -2.82. The highest BCUT2D eigenvalue weighted by molar-refractivity contribution is 5.83. The summed E-state index contributed by atoms with van der Waals surface area (Å²) < 4.78 is 10.8. The standard InChI is InChI=1S/C19H21NO4/c1-3-13-20-19(22)14(2)23-18(21)12-10-16-9-11-17(24-16)15-7-5-4-6-8-15/h3-9,11,14H,1,10,12-13H2,2H3,(H,20,22)/t14-/m1/s1. The van der Waals surface area contributed by atoms with Crippen LogP contribution in [0.3, 0.4) is 0 Å². The van der Waals surface area contributed by atoms with Crippen LogP contribution in [0.4, 0.5) is 0 Å². The molecule has 0 unspecified atom stereocenters. The van der Waals surface area contributed by atoms with Gasteiger partial charge < -0.3 is 14.5 Å². The van der Waals surface area contributed by atoms with Crippen LogP contribution in [0.1, 0.15) is 19.1 Å². The number of benzene rings is 1. The van der Waals surface area contributed by atoms with Gasteiger partial charge in [-0.1, -0.05) is 36.4 Å². The maximum Gasteiger partial charge on any atom is 0.307 e. The van der Waals surface area contributed by atoms with Crippen molar-refractivity contribution < 1.29 is 18.7 Å². The molecule has 0 bridgehead atoms. The first-order chi connectivity index (χ1) is 11.6. The van der Waals surface area contributed by atoms with E-state index in [-0.39, 0.29) is 12.3 Å². The summed E-state index contributed by atoms with van der Waals surface area (Å²) in [7, 11) is 0. The largest absolute Gasteiger partial charge is 0.461 e. The summed E-state index contributed by atoms with van der Waals surface area (Å²) in [4.78, 5) is 23.4. The molecule has 0 radical (unpaired) electrons. The zero-order valence-corrected chi connectivity index (χ0v) is 13.7. The van der Waals surface area contributed by atoms with E-state index in [0.717, 1.165) is 11.3 Å². The normalized spacial score (nSPS) is 11.5. The van der Waals surface area contributed by atoms with E-state index in [9.17, 15) is 9.59 Å². The molecular weight excluding hydrogens is 306 g/mol. The predicted molar refractivity (Wildman–Crippen MR) is 91.2 cm³/mol. The van der Waals surface area contributed by atoms with E-state index in [0.29, 0.717) is 18.7 Å². The van der Waals surface area contributed by atoms with E-state index in [2.05, 4.69) is 11.9 Å². The molecule has 1 amide bonds. The first kappa shape index (κ1) is 17.5. The Bertz CT molecular complexity index is 690. The van der Waals surface area contributed by atoms with Crippen LogP contribution in [0, 0.1) is 0 Å². The molecule has 5 nitrogen and oxygen atoms in total. The van der Waals surface area contributed by atoms with Crippen LogP contribution in [-0.4, -0.2) is 24.5 Å². The number of amides is 1. The van der Waals surface area contributed by atoms with Crippen LogP contribution in [-0.2, 0) is 20.7 Å². The number of nitrogens with one attached hydrogen (secondary N) is 1. The first-order valence-corrected chi connectivity index (χ1v) is 7.82. The van der Waals surface area contributed by atoms with Gasteiger partial charge in [0.1, 0.15) is 11.5 Å². The van der Waals surface area contributed by atoms with E-state index in [1.165, 1.54) is 6.92 Å². The van der Waals surface area contributed by atoms with Gasteiger partial charge in [-0.2, -0.15) is 0 Å².